The van der Waals surface area contributed by atoms with Gasteiger partial charge in [0.25, 0.3) is 0 Å². The Kier molecular flexibility index (Phi) is 2.76. The van der Waals surface area contributed by atoms with Crippen LogP contribution >= 0.6 is 0 Å². The molecule has 3 fully saturated rings. The highest BCUT2D eigenvalue weighted by Gasteiger charge is 2.59. The van der Waals surface area contributed by atoms with Crippen LogP contribution in [0, 0.1) is 35.0 Å². The first-order valence-corrected chi connectivity index (χ1v) is 7.64. The van der Waals surface area contributed by atoms with E-state index in [9.17, 15) is 4.79 Å². The van der Waals surface area contributed by atoms with Crippen LogP contribution in [0.4, 0.5) is 0 Å². The van der Waals surface area contributed by atoms with E-state index in [0.717, 1.165) is 24.7 Å². The molecule has 0 aromatic rings. The van der Waals surface area contributed by atoms with Gasteiger partial charge >= 0.3 is 5.97 Å². The maximum Gasteiger partial charge on any atom is 0.309 e. The molecule has 2 saturated carbocycles. The van der Waals surface area contributed by atoms with Gasteiger partial charge in [-0.15, -0.1) is 0 Å². The van der Waals surface area contributed by atoms with Crippen molar-refractivity contribution < 1.29 is 9.53 Å². The molecule has 18 heavy (non-hydrogen) atoms. The summed E-state index contributed by atoms with van der Waals surface area (Å²) in [5.74, 6) is 3.00. The third-order valence-corrected chi connectivity index (χ3v) is 6.29. The van der Waals surface area contributed by atoms with E-state index in [1.807, 2.05) is 0 Å². The van der Waals surface area contributed by atoms with Gasteiger partial charge in [0.05, 0.1) is 5.92 Å². The predicted molar refractivity (Wildman–Crippen MR) is 70.9 cm³/mol. The summed E-state index contributed by atoms with van der Waals surface area (Å²) < 4.78 is 5.78. The van der Waals surface area contributed by atoms with Crippen molar-refractivity contribution in [3.8, 4) is 0 Å². The minimum Gasteiger partial charge on any atom is -0.462 e. The van der Waals surface area contributed by atoms with Crippen molar-refractivity contribution in [2.75, 3.05) is 0 Å². The summed E-state index contributed by atoms with van der Waals surface area (Å²) in [6.45, 7) is 9.31. The average Bonchev–Trinajstić information content (AvgIpc) is 2.26. The number of ether oxygens (including phenoxy) is 1. The molecule has 1 saturated heterocycles. The lowest BCUT2D eigenvalue weighted by molar-refractivity contribution is -0.208. The van der Waals surface area contributed by atoms with Gasteiger partial charge in [-0.05, 0) is 54.8 Å². The molecule has 0 aromatic heterocycles. The van der Waals surface area contributed by atoms with Crippen LogP contribution in [-0.4, -0.2) is 12.1 Å². The quantitative estimate of drug-likeness (QED) is 0.664. The van der Waals surface area contributed by atoms with Gasteiger partial charge in [0.15, 0.2) is 0 Å². The fraction of sp³-hybridized carbons (Fsp3) is 0.938. The molecule has 6 atom stereocenters. The monoisotopic (exact) mass is 250 g/mol. The lowest BCUT2D eigenvalue weighted by Crippen LogP contribution is -2.59. The normalized spacial score (nSPS) is 51.2. The van der Waals surface area contributed by atoms with E-state index < -0.39 is 0 Å². The molecule has 0 radical (unpaired) electrons. The Bertz CT molecular complexity index is 362. The zero-order valence-electron chi connectivity index (χ0n) is 12.1. The van der Waals surface area contributed by atoms with Crippen LogP contribution in [0.25, 0.3) is 0 Å². The lowest BCUT2D eigenvalue weighted by atomic mass is 9.48. The molecular weight excluding hydrogens is 224 g/mol. The number of esters is 1. The first kappa shape index (κ1) is 12.5. The summed E-state index contributed by atoms with van der Waals surface area (Å²) in [7, 11) is 0. The fourth-order valence-corrected chi connectivity index (χ4v) is 5.14. The molecule has 0 amide bonds. The van der Waals surface area contributed by atoms with E-state index in [2.05, 4.69) is 27.7 Å². The number of rotatable bonds is 1. The highest BCUT2D eigenvalue weighted by atomic mass is 16.5. The lowest BCUT2D eigenvalue weighted by Gasteiger charge is -2.59. The minimum absolute atomic E-state index is 0.107. The van der Waals surface area contributed by atoms with Crippen molar-refractivity contribution in [2.24, 2.45) is 35.0 Å². The molecule has 1 heterocycles. The van der Waals surface area contributed by atoms with Crippen LogP contribution in [0.2, 0.25) is 0 Å². The van der Waals surface area contributed by atoms with Gasteiger partial charge in [-0.2, -0.15) is 0 Å². The molecular formula is C16H26O2. The van der Waals surface area contributed by atoms with Gasteiger partial charge in [-0.3, -0.25) is 4.79 Å². The summed E-state index contributed by atoms with van der Waals surface area (Å²) in [5.41, 5.74) is 0.225. The Morgan fingerprint density at radius 3 is 2.72 bits per heavy atom. The van der Waals surface area contributed by atoms with Gasteiger partial charge in [0.1, 0.15) is 6.10 Å². The number of hydrogen-bond donors (Lipinski definition) is 0. The highest BCUT2D eigenvalue weighted by molar-refractivity contribution is 5.75. The van der Waals surface area contributed by atoms with Crippen LogP contribution in [0.5, 0.6) is 0 Å². The van der Waals surface area contributed by atoms with Crippen molar-refractivity contribution in [1.82, 2.24) is 0 Å². The number of carbonyl (C=O) groups is 1. The van der Waals surface area contributed by atoms with Crippen LogP contribution in [0.3, 0.4) is 0 Å². The van der Waals surface area contributed by atoms with E-state index in [4.69, 9.17) is 4.74 Å². The molecule has 2 nitrogen and oxygen atoms in total. The standard InChI is InChI=1S/C16H26O2/c1-9(2)11-7-13-10(3)5-6-12-15(17)18-14(11)8-16(12,13)4/h9-14H,5-8H2,1-4H3/t10-,11+,12?,13-,14?,16-/m0/s1. The third-order valence-electron chi connectivity index (χ3n) is 6.29. The smallest absolute Gasteiger partial charge is 0.309 e. The van der Waals surface area contributed by atoms with Crippen molar-refractivity contribution >= 4 is 5.97 Å². The maximum absolute atomic E-state index is 12.3. The molecule has 0 spiro atoms. The SMILES string of the molecule is CC(C)[C@H]1C[C@H]2[C@@H](C)CCC3C(=O)OC1C[C@@]32C. The van der Waals surface area contributed by atoms with Crippen molar-refractivity contribution in [1.29, 1.82) is 0 Å². The predicted octanol–water partition coefficient (Wildman–Crippen LogP) is 3.65. The molecule has 102 valence electrons. The van der Waals surface area contributed by atoms with Crippen LogP contribution in [0.15, 0.2) is 0 Å². The number of hydrogen-bond acceptors (Lipinski definition) is 2. The van der Waals surface area contributed by atoms with Crippen molar-refractivity contribution in [3.63, 3.8) is 0 Å². The summed E-state index contributed by atoms with van der Waals surface area (Å²) in [6.07, 6.45) is 4.83. The first-order valence-electron chi connectivity index (χ1n) is 7.64. The van der Waals surface area contributed by atoms with Crippen molar-refractivity contribution in [3.05, 3.63) is 0 Å². The minimum atomic E-state index is 0.107. The Morgan fingerprint density at radius 2 is 2.06 bits per heavy atom. The topological polar surface area (TPSA) is 26.3 Å². The highest BCUT2D eigenvalue weighted by Crippen LogP contribution is 2.60. The Hall–Kier alpha value is -0.530. The largest absolute Gasteiger partial charge is 0.462 e. The van der Waals surface area contributed by atoms with Crippen LogP contribution in [-0.2, 0) is 9.53 Å². The Balaban J connectivity index is 1.97. The molecule has 1 aliphatic heterocycles. The summed E-state index contributed by atoms with van der Waals surface area (Å²) >= 11 is 0. The van der Waals surface area contributed by atoms with Crippen LogP contribution < -0.4 is 0 Å². The van der Waals surface area contributed by atoms with E-state index in [1.165, 1.54) is 12.8 Å². The Morgan fingerprint density at radius 1 is 1.33 bits per heavy atom. The molecule has 2 bridgehead atoms. The molecule has 2 aliphatic carbocycles. The van der Waals surface area contributed by atoms with E-state index >= 15 is 0 Å². The first-order chi connectivity index (χ1) is 8.43. The second-order valence-corrected chi connectivity index (χ2v) is 7.54. The zero-order valence-corrected chi connectivity index (χ0v) is 12.1. The summed E-state index contributed by atoms with van der Waals surface area (Å²) in [6, 6.07) is 0. The van der Waals surface area contributed by atoms with Gasteiger partial charge in [0, 0.05) is 0 Å². The molecule has 3 aliphatic rings. The Labute approximate surface area is 110 Å². The van der Waals surface area contributed by atoms with E-state index in [-0.39, 0.29) is 23.4 Å². The van der Waals surface area contributed by atoms with Gasteiger partial charge in [0.2, 0.25) is 0 Å². The summed E-state index contributed by atoms with van der Waals surface area (Å²) in [4.78, 5) is 12.3. The molecule has 0 N–H and O–H groups in total. The fourth-order valence-electron chi connectivity index (χ4n) is 5.14. The second kappa shape index (κ2) is 3.98. The molecule has 2 unspecified atom stereocenters. The average molecular weight is 250 g/mol. The molecule has 0 aromatic carbocycles. The maximum atomic E-state index is 12.3. The van der Waals surface area contributed by atoms with Gasteiger partial charge < -0.3 is 4.74 Å². The van der Waals surface area contributed by atoms with Gasteiger partial charge in [-0.1, -0.05) is 27.7 Å². The molecule has 3 rings (SSSR count). The van der Waals surface area contributed by atoms with E-state index in [0.29, 0.717) is 11.8 Å². The third kappa shape index (κ3) is 1.57. The van der Waals surface area contributed by atoms with Crippen molar-refractivity contribution in [2.45, 2.75) is 59.5 Å². The summed E-state index contributed by atoms with van der Waals surface area (Å²) in [5, 5.41) is 0. The molecule has 2 heteroatoms. The number of fused-ring (bicyclic) bond motifs is 1. The van der Waals surface area contributed by atoms with E-state index in [1.54, 1.807) is 0 Å². The number of carbonyl (C=O) groups excluding carboxylic acids is 1. The van der Waals surface area contributed by atoms with Gasteiger partial charge in [-0.25, -0.2) is 0 Å². The second-order valence-electron chi connectivity index (χ2n) is 7.54. The zero-order chi connectivity index (χ0) is 13.1. The van der Waals surface area contributed by atoms with Crippen LogP contribution in [0.1, 0.15) is 53.4 Å².